The highest BCUT2D eigenvalue weighted by Crippen LogP contribution is 2.14. The van der Waals surface area contributed by atoms with Crippen LogP contribution in [0.1, 0.15) is 33.3 Å². The summed E-state index contributed by atoms with van der Waals surface area (Å²) in [6.07, 6.45) is 1.23. The van der Waals surface area contributed by atoms with Crippen molar-refractivity contribution >= 4 is 0 Å². The number of hydrogen-bond acceptors (Lipinski definition) is 3. The summed E-state index contributed by atoms with van der Waals surface area (Å²) in [6, 6.07) is 8.30. The summed E-state index contributed by atoms with van der Waals surface area (Å²) in [4.78, 5) is 0. The molecule has 3 N–H and O–H groups in total. The molecule has 0 aliphatic carbocycles. The third-order valence-corrected chi connectivity index (χ3v) is 2.82. The van der Waals surface area contributed by atoms with Gasteiger partial charge in [0.05, 0.1) is 6.10 Å². The predicted octanol–water partition coefficient (Wildman–Crippen LogP) is 2.34. The van der Waals surface area contributed by atoms with E-state index in [1.807, 2.05) is 26.0 Å². The van der Waals surface area contributed by atoms with Gasteiger partial charge >= 0.3 is 0 Å². The maximum atomic E-state index is 5.67. The summed E-state index contributed by atoms with van der Waals surface area (Å²) in [5.41, 5.74) is 7.00. The molecule has 0 amide bonds. The van der Waals surface area contributed by atoms with Gasteiger partial charge in [-0.15, -0.1) is 0 Å². The predicted molar refractivity (Wildman–Crippen MR) is 77.0 cm³/mol. The van der Waals surface area contributed by atoms with Crippen molar-refractivity contribution in [3.05, 3.63) is 29.8 Å². The van der Waals surface area contributed by atoms with E-state index < -0.39 is 0 Å². The summed E-state index contributed by atoms with van der Waals surface area (Å²) < 4.78 is 5.61. The normalized spacial score (nSPS) is 11.9. The Morgan fingerprint density at radius 1 is 1.22 bits per heavy atom. The van der Waals surface area contributed by atoms with Gasteiger partial charge in [-0.1, -0.05) is 12.1 Å². The van der Waals surface area contributed by atoms with Crippen molar-refractivity contribution in [2.75, 3.05) is 13.1 Å². The molecule has 1 aromatic rings. The van der Waals surface area contributed by atoms with Gasteiger partial charge in [-0.05, 0) is 58.4 Å². The third-order valence-electron chi connectivity index (χ3n) is 2.82. The monoisotopic (exact) mass is 250 g/mol. The number of rotatable bonds is 7. The van der Waals surface area contributed by atoms with Gasteiger partial charge in [-0.2, -0.15) is 0 Å². The summed E-state index contributed by atoms with van der Waals surface area (Å²) in [6.45, 7) is 9.89. The van der Waals surface area contributed by atoms with Crippen LogP contribution in [0.2, 0.25) is 0 Å². The maximum absolute atomic E-state index is 5.67. The van der Waals surface area contributed by atoms with Crippen molar-refractivity contribution in [1.29, 1.82) is 0 Å². The molecule has 0 saturated heterocycles. The highest BCUT2D eigenvalue weighted by Gasteiger charge is 2.13. The van der Waals surface area contributed by atoms with Gasteiger partial charge in [0.25, 0.3) is 0 Å². The Bertz CT molecular complexity index is 344. The van der Waals surface area contributed by atoms with E-state index in [0.29, 0.717) is 6.54 Å². The lowest BCUT2D eigenvalue weighted by molar-refractivity contribution is 0.242. The molecule has 0 saturated carbocycles. The molecule has 18 heavy (non-hydrogen) atoms. The van der Waals surface area contributed by atoms with Gasteiger partial charge < -0.3 is 15.8 Å². The topological polar surface area (TPSA) is 47.3 Å². The Labute approximate surface area is 111 Å². The lowest BCUT2D eigenvalue weighted by Gasteiger charge is -2.24. The number of ether oxygens (including phenoxy) is 1. The van der Waals surface area contributed by atoms with Crippen LogP contribution in [-0.4, -0.2) is 24.7 Å². The number of benzene rings is 1. The van der Waals surface area contributed by atoms with Crippen molar-refractivity contribution in [2.45, 2.75) is 45.8 Å². The first-order valence-electron chi connectivity index (χ1n) is 6.63. The van der Waals surface area contributed by atoms with Gasteiger partial charge in [-0.25, -0.2) is 0 Å². The molecule has 3 nitrogen and oxygen atoms in total. The first-order chi connectivity index (χ1) is 8.43. The number of nitrogens with one attached hydrogen (secondary N) is 1. The molecule has 0 spiro atoms. The highest BCUT2D eigenvalue weighted by atomic mass is 16.5. The average molecular weight is 250 g/mol. The minimum Gasteiger partial charge on any atom is -0.491 e. The second-order valence-corrected chi connectivity index (χ2v) is 5.58. The van der Waals surface area contributed by atoms with Gasteiger partial charge in [0.2, 0.25) is 0 Å². The van der Waals surface area contributed by atoms with Gasteiger partial charge in [0.15, 0.2) is 0 Å². The zero-order valence-electron chi connectivity index (χ0n) is 12.0. The largest absolute Gasteiger partial charge is 0.491 e. The fourth-order valence-electron chi connectivity index (χ4n) is 1.62. The second kappa shape index (κ2) is 6.76. The van der Waals surface area contributed by atoms with Crippen molar-refractivity contribution < 1.29 is 4.74 Å². The first kappa shape index (κ1) is 15.0. The summed E-state index contributed by atoms with van der Waals surface area (Å²) in [7, 11) is 0. The minimum absolute atomic E-state index is 0.0146. The summed E-state index contributed by atoms with van der Waals surface area (Å²) in [5.74, 6) is 0.934. The third kappa shape index (κ3) is 5.52. The Hall–Kier alpha value is -1.06. The molecule has 1 rings (SSSR count). The van der Waals surface area contributed by atoms with E-state index in [-0.39, 0.29) is 11.6 Å². The maximum Gasteiger partial charge on any atom is 0.119 e. The zero-order chi connectivity index (χ0) is 13.6. The van der Waals surface area contributed by atoms with Gasteiger partial charge in [-0.3, -0.25) is 0 Å². The molecule has 1 aromatic carbocycles. The molecule has 0 aliphatic rings. The fraction of sp³-hybridized carbons (Fsp3) is 0.600. The van der Waals surface area contributed by atoms with E-state index in [1.165, 1.54) is 5.56 Å². The molecule has 0 aliphatic heterocycles. The van der Waals surface area contributed by atoms with E-state index in [1.54, 1.807) is 0 Å². The molecule has 0 radical (unpaired) electrons. The molecule has 3 heteroatoms. The smallest absolute Gasteiger partial charge is 0.119 e. The van der Waals surface area contributed by atoms with Gasteiger partial charge in [0.1, 0.15) is 5.75 Å². The Morgan fingerprint density at radius 3 is 2.33 bits per heavy atom. The van der Waals surface area contributed by atoms with Crippen LogP contribution in [0.4, 0.5) is 0 Å². The molecule has 0 aromatic heterocycles. The van der Waals surface area contributed by atoms with E-state index >= 15 is 0 Å². The van der Waals surface area contributed by atoms with Crippen molar-refractivity contribution in [3.8, 4) is 5.75 Å². The van der Waals surface area contributed by atoms with Crippen LogP contribution in [0.25, 0.3) is 0 Å². The Morgan fingerprint density at radius 2 is 1.83 bits per heavy atom. The average Bonchev–Trinajstić information content (AvgIpc) is 2.30. The van der Waals surface area contributed by atoms with Crippen LogP contribution < -0.4 is 15.8 Å². The molecular formula is C15H26N2O. The van der Waals surface area contributed by atoms with Gasteiger partial charge in [0, 0.05) is 12.1 Å². The van der Waals surface area contributed by atoms with Crippen molar-refractivity contribution in [1.82, 2.24) is 5.32 Å². The Balaban J connectivity index is 2.40. The molecule has 0 unspecified atom stereocenters. The summed E-state index contributed by atoms with van der Waals surface area (Å²) >= 11 is 0. The molecule has 0 atom stereocenters. The van der Waals surface area contributed by atoms with Crippen LogP contribution in [0, 0.1) is 0 Å². The SMILES string of the molecule is CC(C)Oc1ccc(CCNC(C)(C)CN)cc1. The molecule has 0 heterocycles. The number of nitrogens with two attached hydrogens (primary N) is 1. The number of hydrogen-bond donors (Lipinski definition) is 2. The van der Waals surface area contributed by atoms with E-state index in [4.69, 9.17) is 10.5 Å². The quantitative estimate of drug-likeness (QED) is 0.781. The second-order valence-electron chi connectivity index (χ2n) is 5.58. The highest BCUT2D eigenvalue weighted by molar-refractivity contribution is 5.27. The fourth-order valence-corrected chi connectivity index (χ4v) is 1.62. The van der Waals surface area contributed by atoms with Crippen molar-refractivity contribution in [2.24, 2.45) is 5.73 Å². The van der Waals surface area contributed by atoms with Crippen LogP contribution in [0.15, 0.2) is 24.3 Å². The zero-order valence-corrected chi connectivity index (χ0v) is 12.0. The van der Waals surface area contributed by atoms with Crippen LogP contribution in [0.5, 0.6) is 5.75 Å². The standard InChI is InChI=1S/C15H26N2O/c1-12(2)18-14-7-5-13(6-8-14)9-10-17-15(3,4)11-16/h5-8,12,17H,9-11,16H2,1-4H3. The van der Waals surface area contributed by atoms with Crippen molar-refractivity contribution in [3.63, 3.8) is 0 Å². The van der Waals surface area contributed by atoms with Crippen LogP contribution in [-0.2, 0) is 6.42 Å². The molecule has 0 fully saturated rings. The molecule has 102 valence electrons. The lowest BCUT2D eigenvalue weighted by Crippen LogP contribution is -2.46. The van der Waals surface area contributed by atoms with E-state index in [9.17, 15) is 0 Å². The molecule has 0 bridgehead atoms. The molecular weight excluding hydrogens is 224 g/mol. The van der Waals surface area contributed by atoms with E-state index in [2.05, 4.69) is 31.3 Å². The Kier molecular flexibility index (Phi) is 5.63. The van der Waals surface area contributed by atoms with Crippen LogP contribution >= 0.6 is 0 Å². The summed E-state index contributed by atoms with van der Waals surface area (Å²) in [5, 5.41) is 3.45. The first-order valence-corrected chi connectivity index (χ1v) is 6.63. The lowest BCUT2D eigenvalue weighted by atomic mass is 10.1. The van der Waals surface area contributed by atoms with Crippen LogP contribution in [0.3, 0.4) is 0 Å². The van der Waals surface area contributed by atoms with E-state index in [0.717, 1.165) is 18.7 Å². The minimum atomic E-state index is 0.0146.